The number of hydrogen-bond acceptors (Lipinski definition) is 4. The second-order valence-corrected chi connectivity index (χ2v) is 6.16. The smallest absolute Gasteiger partial charge is 0.203 e. The molecule has 0 bridgehead atoms. The molecule has 1 aromatic carbocycles. The minimum atomic E-state index is 0.450. The lowest BCUT2D eigenvalue weighted by molar-refractivity contribution is 0.623. The summed E-state index contributed by atoms with van der Waals surface area (Å²) in [6, 6.07) is 8.96. The Morgan fingerprint density at radius 3 is 2.90 bits per heavy atom. The molecule has 2 aromatic heterocycles. The topological polar surface area (TPSA) is 42.2 Å². The van der Waals surface area contributed by atoms with Gasteiger partial charge in [0.15, 0.2) is 0 Å². The average molecular weight is 298 g/mol. The summed E-state index contributed by atoms with van der Waals surface area (Å²) in [6.07, 6.45) is 3.96. The zero-order valence-corrected chi connectivity index (χ0v) is 13.2. The van der Waals surface area contributed by atoms with Gasteiger partial charge in [-0.15, -0.1) is 11.3 Å². The van der Waals surface area contributed by atoms with Crippen LogP contribution >= 0.6 is 11.3 Å². The van der Waals surface area contributed by atoms with Crippen LogP contribution in [-0.2, 0) is 0 Å². The predicted octanol–water partition coefficient (Wildman–Crippen LogP) is 4.43. The number of aryl methyl sites for hydroxylation is 1. The lowest BCUT2D eigenvalue weighted by atomic mass is 10.2. The molecule has 3 rings (SSSR count). The number of fused-ring (bicyclic) bond motifs is 1. The van der Waals surface area contributed by atoms with Gasteiger partial charge in [-0.05, 0) is 43.9 Å². The number of nitrogens with zero attached hydrogens (tertiary/aromatic N) is 3. The molecule has 0 unspecified atom stereocenters. The third-order valence-electron chi connectivity index (χ3n) is 3.30. The molecule has 0 aliphatic rings. The Bertz CT molecular complexity index is 783. The van der Waals surface area contributed by atoms with Crippen molar-refractivity contribution in [3.63, 3.8) is 0 Å². The van der Waals surface area contributed by atoms with Crippen molar-refractivity contribution in [3.05, 3.63) is 47.1 Å². The summed E-state index contributed by atoms with van der Waals surface area (Å²) >= 11 is 1.55. The van der Waals surface area contributed by atoms with Gasteiger partial charge in [0, 0.05) is 23.1 Å². The van der Waals surface area contributed by atoms with E-state index >= 15 is 0 Å². The average Bonchev–Trinajstić information content (AvgIpc) is 3.04. The van der Waals surface area contributed by atoms with Crippen LogP contribution in [-0.4, -0.2) is 15.8 Å². The van der Waals surface area contributed by atoms with Gasteiger partial charge in [0.05, 0.1) is 11.9 Å². The molecule has 3 aromatic rings. The molecular formula is C16H18N4S. The third-order valence-corrected chi connectivity index (χ3v) is 4.16. The van der Waals surface area contributed by atoms with Crippen LogP contribution in [0.5, 0.6) is 0 Å². The van der Waals surface area contributed by atoms with Gasteiger partial charge < -0.3 is 4.57 Å². The summed E-state index contributed by atoms with van der Waals surface area (Å²) in [5.74, 6) is 0. The Labute approximate surface area is 128 Å². The van der Waals surface area contributed by atoms with Gasteiger partial charge >= 0.3 is 0 Å². The van der Waals surface area contributed by atoms with E-state index in [4.69, 9.17) is 0 Å². The highest BCUT2D eigenvalue weighted by atomic mass is 32.1. The van der Waals surface area contributed by atoms with Gasteiger partial charge in [-0.2, -0.15) is 5.10 Å². The first kappa shape index (κ1) is 13.8. The summed E-state index contributed by atoms with van der Waals surface area (Å²) in [5.41, 5.74) is 6.28. The fourth-order valence-electron chi connectivity index (χ4n) is 2.26. The van der Waals surface area contributed by atoms with Crippen LogP contribution in [0.3, 0.4) is 0 Å². The van der Waals surface area contributed by atoms with Crippen molar-refractivity contribution in [2.45, 2.75) is 26.8 Å². The van der Waals surface area contributed by atoms with E-state index in [-0.39, 0.29) is 0 Å². The number of rotatable bonds is 4. The molecule has 108 valence electrons. The molecular weight excluding hydrogens is 280 g/mol. The molecule has 21 heavy (non-hydrogen) atoms. The van der Waals surface area contributed by atoms with Gasteiger partial charge in [0.1, 0.15) is 0 Å². The van der Waals surface area contributed by atoms with Crippen molar-refractivity contribution in [1.29, 1.82) is 0 Å². The van der Waals surface area contributed by atoms with E-state index in [0.29, 0.717) is 6.04 Å². The van der Waals surface area contributed by atoms with Crippen molar-refractivity contribution in [2.75, 3.05) is 5.43 Å². The molecule has 0 spiro atoms. The third kappa shape index (κ3) is 2.97. The Morgan fingerprint density at radius 2 is 2.19 bits per heavy atom. The SMILES string of the molecule is Cc1csc(NN=Cc2ccc3ccn(C(C)C)c3c2)n1. The molecule has 0 radical (unpaired) electrons. The first-order valence-corrected chi connectivity index (χ1v) is 7.83. The monoisotopic (exact) mass is 298 g/mol. The zero-order chi connectivity index (χ0) is 14.8. The molecule has 0 saturated heterocycles. The van der Waals surface area contributed by atoms with E-state index < -0.39 is 0 Å². The second kappa shape index (κ2) is 5.69. The molecule has 2 heterocycles. The van der Waals surface area contributed by atoms with E-state index in [2.05, 4.69) is 64.4 Å². The molecule has 5 heteroatoms. The van der Waals surface area contributed by atoms with Crippen LogP contribution in [0, 0.1) is 6.92 Å². The quantitative estimate of drug-likeness (QED) is 0.572. The summed E-state index contributed by atoms with van der Waals surface area (Å²) < 4.78 is 2.27. The molecule has 0 aliphatic carbocycles. The number of anilines is 1. The van der Waals surface area contributed by atoms with Gasteiger partial charge in [0.25, 0.3) is 0 Å². The molecule has 0 aliphatic heterocycles. The highest BCUT2D eigenvalue weighted by Gasteiger charge is 2.04. The van der Waals surface area contributed by atoms with E-state index in [9.17, 15) is 0 Å². The highest BCUT2D eigenvalue weighted by molar-refractivity contribution is 7.13. The van der Waals surface area contributed by atoms with Crippen LogP contribution in [0.2, 0.25) is 0 Å². The zero-order valence-electron chi connectivity index (χ0n) is 12.4. The number of hydrogen-bond donors (Lipinski definition) is 1. The largest absolute Gasteiger partial charge is 0.345 e. The minimum Gasteiger partial charge on any atom is -0.345 e. The summed E-state index contributed by atoms with van der Waals surface area (Å²) in [6.45, 7) is 6.35. The predicted molar refractivity (Wildman–Crippen MR) is 90.4 cm³/mol. The Morgan fingerprint density at radius 1 is 1.33 bits per heavy atom. The van der Waals surface area contributed by atoms with Gasteiger partial charge in [-0.25, -0.2) is 4.98 Å². The number of hydrazone groups is 1. The lowest BCUT2D eigenvalue weighted by Gasteiger charge is -2.09. The maximum absolute atomic E-state index is 4.31. The number of thiazole rings is 1. The minimum absolute atomic E-state index is 0.450. The standard InChI is InChI=1S/C16H18N4S/c1-11(2)20-7-6-14-5-4-13(8-15(14)20)9-17-19-16-18-12(3)10-21-16/h4-11H,1-3H3,(H,18,19). The normalized spacial score (nSPS) is 11.8. The Balaban J connectivity index is 1.82. The van der Waals surface area contributed by atoms with Gasteiger partial charge in [-0.1, -0.05) is 12.1 Å². The fourth-order valence-corrected chi connectivity index (χ4v) is 2.90. The van der Waals surface area contributed by atoms with E-state index in [0.717, 1.165) is 16.4 Å². The molecule has 0 saturated carbocycles. The summed E-state index contributed by atoms with van der Waals surface area (Å²) in [5, 5.41) is 8.32. The molecule has 1 N–H and O–H groups in total. The summed E-state index contributed by atoms with van der Waals surface area (Å²) in [7, 11) is 0. The Kier molecular flexibility index (Phi) is 3.75. The van der Waals surface area contributed by atoms with E-state index in [1.54, 1.807) is 11.3 Å². The molecule has 0 atom stereocenters. The van der Waals surface area contributed by atoms with Crippen LogP contribution in [0.4, 0.5) is 5.13 Å². The van der Waals surface area contributed by atoms with Crippen molar-refractivity contribution in [1.82, 2.24) is 9.55 Å². The fraction of sp³-hybridized carbons (Fsp3) is 0.250. The highest BCUT2D eigenvalue weighted by Crippen LogP contribution is 2.21. The van der Waals surface area contributed by atoms with Crippen LogP contribution in [0.25, 0.3) is 10.9 Å². The van der Waals surface area contributed by atoms with Crippen molar-refractivity contribution in [3.8, 4) is 0 Å². The maximum Gasteiger partial charge on any atom is 0.203 e. The summed E-state index contributed by atoms with van der Waals surface area (Å²) in [4.78, 5) is 4.31. The van der Waals surface area contributed by atoms with Crippen molar-refractivity contribution < 1.29 is 0 Å². The molecule has 0 fully saturated rings. The first-order valence-electron chi connectivity index (χ1n) is 6.95. The second-order valence-electron chi connectivity index (χ2n) is 5.30. The Hall–Kier alpha value is -2.14. The van der Waals surface area contributed by atoms with Gasteiger partial charge in [-0.3, -0.25) is 5.43 Å². The van der Waals surface area contributed by atoms with Crippen molar-refractivity contribution >= 4 is 33.6 Å². The van der Waals surface area contributed by atoms with E-state index in [1.807, 2.05) is 18.5 Å². The number of nitrogens with one attached hydrogen (secondary N) is 1. The van der Waals surface area contributed by atoms with Crippen molar-refractivity contribution in [2.24, 2.45) is 5.10 Å². The number of benzene rings is 1. The lowest BCUT2D eigenvalue weighted by Crippen LogP contribution is -1.98. The van der Waals surface area contributed by atoms with E-state index in [1.165, 1.54) is 10.9 Å². The molecule has 4 nitrogen and oxygen atoms in total. The van der Waals surface area contributed by atoms with Crippen LogP contribution in [0.15, 0.2) is 40.9 Å². The van der Waals surface area contributed by atoms with Crippen LogP contribution < -0.4 is 5.43 Å². The number of aromatic nitrogens is 2. The van der Waals surface area contributed by atoms with Gasteiger partial charge in [0.2, 0.25) is 5.13 Å². The maximum atomic E-state index is 4.31. The molecule has 0 amide bonds. The van der Waals surface area contributed by atoms with Crippen LogP contribution in [0.1, 0.15) is 31.1 Å². The first-order chi connectivity index (χ1) is 10.1.